The number of rotatable bonds is 16. The van der Waals surface area contributed by atoms with E-state index in [0.29, 0.717) is 25.9 Å². The van der Waals surface area contributed by atoms with Gasteiger partial charge in [0.15, 0.2) is 0 Å². The minimum atomic E-state index is -0.703. The van der Waals surface area contributed by atoms with Crippen LogP contribution in [0.25, 0.3) is 0 Å². The van der Waals surface area contributed by atoms with E-state index in [2.05, 4.69) is 76.7 Å². The van der Waals surface area contributed by atoms with Gasteiger partial charge in [0.05, 0.1) is 12.1 Å². The number of nitrogens with one attached hydrogen (secondary N) is 1. The zero-order valence-corrected chi connectivity index (χ0v) is 41.4. The number of unbranched alkanes of at least 4 members (excludes halogenated alkanes) is 3. The molecule has 0 unspecified atom stereocenters. The Balaban J connectivity index is -0.000000705. The van der Waals surface area contributed by atoms with Gasteiger partial charge in [0.2, 0.25) is 11.1 Å². The van der Waals surface area contributed by atoms with E-state index in [1.54, 1.807) is 20.8 Å². The first-order valence-corrected chi connectivity index (χ1v) is 23.2. The molecule has 2 heterocycles. The summed E-state index contributed by atoms with van der Waals surface area (Å²) in [4.78, 5) is 58.3. The van der Waals surface area contributed by atoms with Crippen molar-refractivity contribution < 1.29 is 57.4 Å². The third-order valence-electron chi connectivity index (χ3n) is 8.44. The van der Waals surface area contributed by atoms with E-state index in [0.717, 1.165) is 54.7 Å². The maximum absolute atomic E-state index is 12.1. The normalized spacial score (nSPS) is 14.8. The van der Waals surface area contributed by atoms with Crippen LogP contribution in [0.15, 0.2) is 60.7 Å². The van der Waals surface area contributed by atoms with Crippen molar-refractivity contribution in [1.29, 1.82) is 0 Å². The van der Waals surface area contributed by atoms with Gasteiger partial charge >= 0.3 is 37.0 Å². The summed E-state index contributed by atoms with van der Waals surface area (Å²) in [6, 6.07) is 19.9. The van der Waals surface area contributed by atoms with E-state index in [4.69, 9.17) is 26.2 Å². The maximum atomic E-state index is 12.1. The van der Waals surface area contributed by atoms with Crippen molar-refractivity contribution in [2.24, 2.45) is 5.41 Å². The molecule has 0 radical (unpaired) electrons. The van der Waals surface area contributed by atoms with E-state index < -0.39 is 12.1 Å². The average Bonchev–Trinajstić information content (AvgIpc) is 3.80. The van der Waals surface area contributed by atoms with Crippen LogP contribution in [-0.2, 0) is 36.7 Å². The molecule has 0 spiro atoms. The molecule has 2 aromatic carbocycles. The van der Waals surface area contributed by atoms with E-state index >= 15 is 0 Å². The molecule has 2 aliphatic heterocycles. The zero-order valence-electron chi connectivity index (χ0n) is 37.5. The molecule has 0 saturated carbocycles. The molecule has 2 aromatic rings. The van der Waals surface area contributed by atoms with Crippen LogP contribution in [0.2, 0.25) is 0 Å². The summed E-state index contributed by atoms with van der Waals surface area (Å²) in [5, 5.41) is 12.4. The van der Waals surface area contributed by atoms with Crippen LogP contribution in [-0.4, -0.2) is 99.8 Å². The molecular weight excluding hydrogens is 913 g/mol. The molecule has 0 aromatic heterocycles. The number of cyclic esters (lactones) is 2. The molecule has 11 nitrogen and oxygen atoms in total. The van der Waals surface area contributed by atoms with E-state index in [1.807, 2.05) is 60.7 Å². The van der Waals surface area contributed by atoms with E-state index in [-0.39, 0.29) is 60.2 Å². The summed E-state index contributed by atoms with van der Waals surface area (Å²) in [6.07, 6.45) is 7.09. The van der Waals surface area contributed by atoms with Crippen molar-refractivity contribution in [2.75, 3.05) is 43.5 Å². The first kappa shape index (κ1) is 61.9. The largest absolute Gasteiger partial charge is 1.00 e. The van der Waals surface area contributed by atoms with Crippen LogP contribution in [0.5, 0.6) is 0 Å². The number of aliphatic carboxylic acids is 1. The first-order valence-electron chi connectivity index (χ1n) is 20.6. The molecule has 0 bridgehead atoms. The molecule has 15 heteroatoms. The standard InChI is InChI=1S/C15H18BrNO3.C10H11NO2.C6H15N.C5H9BrO2.C5H9ClO.C4H9.Li/c16-9-5-4-8-14(18)17-13(11-20-15(17)19)10-12-6-2-1-3-7-12;12-10-11-9(7-13-10)6-8-4-2-1-3-5-8;1-4-7(5-2)6-3;6-4-2-1-3-5(7)8;1-5(2,3)4(6)7;1-3-4-2;/h1-3,6-7,13H,4-5,8-11H2;1-5,9H,6-7H2,(H,11,12);4-6H2,1-3H3;1-4H2,(H,7,8);1-3H3;1,3-4H2,2H3;/q;;;;;-1;+1/t13-;9-;;;;;/m00...../s1. The number of carboxylic acid groups (broad SMARTS) is 1. The van der Waals surface area contributed by atoms with Crippen molar-refractivity contribution in [3.05, 3.63) is 78.7 Å². The number of imide groups is 1. The first-order chi connectivity index (χ1) is 28.0. The number of halogens is 3. The van der Waals surface area contributed by atoms with E-state index in [9.17, 15) is 24.0 Å². The molecule has 60 heavy (non-hydrogen) atoms. The SMILES string of the molecule is CC(C)(C)C(=O)Cl.CCN(CC)CC.O=C(CCCCBr)N1C(=O)OC[C@@H]1Cc1ccccc1.O=C(O)CCCCBr.O=C1N[C@@H](Cc2ccccc2)CO1.[CH2-]CCC.[Li+]. The summed E-state index contributed by atoms with van der Waals surface area (Å²) in [6.45, 7) is 22.0. The van der Waals surface area contributed by atoms with Crippen LogP contribution in [0.4, 0.5) is 9.59 Å². The molecule has 2 fully saturated rings. The second-order valence-electron chi connectivity index (χ2n) is 14.5. The molecule has 336 valence electrons. The predicted octanol–water partition coefficient (Wildman–Crippen LogP) is 7.89. The Labute approximate surface area is 395 Å². The van der Waals surface area contributed by atoms with Crippen molar-refractivity contribution in [3.63, 3.8) is 0 Å². The van der Waals surface area contributed by atoms with Gasteiger partial charge in [-0.2, -0.15) is 6.42 Å². The summed E-state index contributed by atoms with van der Waals surface area (Å²) in [7, 11) is 0. The Hall–Kier alpha value is -2.40. The second-order valence-corrected chi connectivity index (χ2v) is 16.4. The number of benzene rings is 2. The van der Waals surface area contributed by atoms with Gasteiger partial charge in [-0.15, -0.1) is 0 Å². The Kier molecular flexibility index (Phi) is 40.7. The maximum Gasteiger partial charge on any atom is 1.00 e. The Bertz CT molecular complexity index is 1400. The van der Waals surface area contributed by atoms with Gasteiger partial charge in [-0.25, -0.2) is 14.5 Å². The monoisotopic (exact) mass is 981 g/mol. The Morgan fingerprint density at radius 2 is 1.27 bits per heavy atom. The number of hydrogen-bond donors (Lipinski definition) is 2. The fourth-order valence-corrected chi connectivity index (χ4v) is 5.56. The van der Waals surface area contributed by atoms with Gasteiger partial charge in [0.25, 0.3) is 0 Å². The second kappa shape index (κ2) is 39.4. The summed E-state index contributed by atoms with van der Waals surface area (Å²) in [5.41, 5.74) is 1.95. The number of alkyl halides is 2. The number of carbonyl (C=O) groups is 5. The fourth-order valence-electron chi connectivity index (χ4n) is 4.77. The summed E-state index contributed by atoms with van der Waals surface area (Å²) >= 11 is 11.7. The van der Waals surface area contributed by atoms with Crippen LogP contribution >= 0.6 is 43.5 Å². The topological polar surface area (TPSA) is 143 Å². The van der Waals surface area contributed by atoms with Gasteiger partial charge < -0.3 is 31.7 Å². The van der Waals surface area contributed by atoms with Crippen LogP contribution in [0, 0.1) is 12.3 Å². The van der Waals surface area contributed by atoms with Gasteiger partial charge in [-0.1, -0.05) is 147 Å². The number of carboxylic acids is 1. The van der Waals surface area contributed by atoms with Crippen molar-refractivity contribution in [1.82, 2.24) is 15.1 Å². The molecular formula is C45H71Br2ClLiN3O8. The van der Waals surface area contributed by atoms with E-state index in [1.165, 1.54) is 36.5 Å². The number of nitrogens with zero attached hydrogens (tertiary/aromatic N) is 2. The number of hydrogen-bond acceptors (Lipinski definition) is 8. The van der Waals surface area contributed by atoms with Crippen LogP contribution in [0.3, 0.4) is 0 Å². The minimum Gasteiger partial charge on any atom is -0.481 e. The number of ether oxygens (including phenoxy) is 2. The zero-order chi connectivity index (χ0) is 45.1. The van der Waals surface area contributed by atoms with Gasteiger partial charge in [-0.3, -0.25) is 14.4 Å². The predicted molar refractivity (Wildman–Crippen MR) is 248 cm³/mol. The Morgan fingerprint density at radius 1 is 0.817 bits per heavy atom. The van der Waals surface area contributed by atoms with Crippen molar-refractivity contribution in [3.8, 4) is 0 Å². The van der Waals surface area contributed by atoms with Crippen molar-refractivity contribution >= 4 is 72.8 Å². The number of amides is 3. The minimum absolute atomic E-state index is 0. The summed E-state index contributed by atoms with van der Waals surface area (Å²) in [5.74, 6) is -0.833. The van der Waals surface area contributed by atoms with Crippen LogP contribution in [0.1, 0.15) is 111 Å². The van der Waals surface area contributed by atoms with Gasteiger partial charge in [-0.05, 0) is 80.9 Å². The number of alkyl carbamates (subject to hydrolysis) is 1. The van der Waals surface area contributed by atoms with Crippen molar-refractivity contribution in [2.45, 2.75) is 125 Å². The molecule has 4 rings (SSSR count). The molecule has 2 aliphatic rings. The molecule has 2 saturated heterocycles. The van der Waals surface area contributed by atoms with Gasteiger partial charge in [0, 0.05) is 28.9 Å². The molecule has 0 aliphatic carbocycles. The molecule has 2 atom stereocenters. The fraction of sp³-hybridized carbons (Fsp3) is 0.600. The Morgan fingerprint density at radius 3 is 1.62 bits per heavy atom. The average molecular weight is 984 g/mol. The molecule has 2 N–H and O–H groups in total. The summed E-state index contributed by atoms with van der Waals surface area (Å²) < 4.78 is 9.82. The number of carbonyl (C=O) groups excluding carboxylic acids is 4. The third-order valence-corrected chi connectivity index (χ3v) is 10.1. The quantitative estimate of drug-likeness (QED) is 0.0565. The molecule has 3 amide bonds. The third kappa shape index (κ3) is 33.3. The smallest absolute Gasteiger partial charge is 0.481 e. The van der Waals surface area contributed by atoms with Gasteiger partial charge in [0.1, 0.15) is 13.2 Å². The van der Waals surface area contributed by atoms with Crippen LogP contribution < -0.4 is 24.2 Å².